The molecule has 6 nitrogen and oxygen atoms in total. The van der Waals surface area contributed by atoms with Crippen LogP contribution in [0, 0.1) is 17.8 Å². The van der Waals surface area contributed by atoms with Gasteiger partial charge in [-0.1, -0.05) is 273 Å². The third-order valence-corrected chi connectivity index (χ3v) is 12.9. The highest BCUT2D eigenvalue weighted by Gasteiger charge is 2.19. The number of unbranched alkanes of at least 4 members (excludes halogenated alkanes) is 33. The third-order valence-electron chi connectivity index (χ3n) is 12.9. The standard InChI is InChI=1S/C57H110O6/c1-51(2)43-37-31-25-19-14-10-8-7-9-11-17-23-30-36-42-48-57(60)63-54(50-62-56(59)47-41-35-29-24-18-21-27-33-39-45-53(5)6)49-61-55(58)46-40-34-28-22-16-13-12-15-20-26-32-38-44-52(3)4/h51-54H,7-50H2,1-6H3/t54-/m1/s1. The van der Waals surface area contributed by atoms with Gasteiger partial charge in [-0.15, -0.1) is 0 Å². The zero-order valence-corrected chi connectivity index (χ0v) is 43.4. The molecule has 0 saturated heterocycles. The second-order valence-corrected chi connectivity index (χ2v) is 21.0. The Balaban J connectivity index is 4.29. The predicted octanol–water partition coefficient (Wildman–Crippen LogP) is 18.3. The van der Waals surface area contributed by atoms with Crippen LogP contribution in [0.5, 0.6) is 0 Å². The van der Waals surface area contributed by atoms with Crippen molar-refractivity contribution in [3.8, 4) is 0 Å². The predicted molar refractivity (Wildman–Crippen MR) is 270 cm³/mol. The summed E-state index contributed by atoms with van der Waals surface area (Å²) >= 11 is 0. The Morgan fingerprint density at radius 2 is 0.460 bits per heavy atom. The lowest BCUT2D eigenvalue weighted by molar-refractivity contribution is -0.167. The van der Waals surface area contributed by atoms with Gasteiger partial charge in [0.15, 0.2) is 6.10 Å². The molecule has 0 heterocycles. The number of carbonyl (C=O) groups excluding carboxylic acids is 3. The van der Waals surface area contributed by atoms with Gasteiger partial charge in [0.25, 0.3) is 0 Å². The van der Waals surface area contributed by atoms with Crippen molar-refractivity contribution in [2.24, 2.45) is 17.8 Å². The molecule has 0 saturated carbocycles. The zero-order valence-electron chi connectivity index (χ0n) is 43.4. The number of esters is 3. The molecule has 0 unspecified atom stereocenters. The quantitative estimate of drug-likeness (QED) is 0.0344. The van der Waals surface area contributed by atoms with Crippen molar-refractivity contribution in [1.82, 2.24) is 0 Å². The molecule has 0 amide bonds. The molecular weight excluding hydrogens is 781 g/mol. The van der Waals surface area contributed by atoms with Gasteiger partial charge in [-0.3, -0.25) is 14.4 Å². The van der Waals surface area contributed by atoms with Crippen LogP contribution in [-0.2, 0) is 28.6 Å². The van der Waals surface area contributed by atoms with E-state index in [0.717, 1.165) is 75.5 Å². The summed E-state index contributed by atoms with van der Waals surface area (Å²) in [6.45, 7) is 13.7. The number of hydrogen-bond acceptors (Lipinski definition) is 6. The van der Waals surface area contributed by atoms with Gasteiger partial charge in [0, 0.05) is 19.3 Å². The van der Waals surface area contributed by atoms with E-state index in [-0.39, 0.29) is 31.1 Å². The van der Waals surface area contributed by atoms with Crippen LogP contribution in [0.1, 0.15) is 311 Å². The lowest BCUT2D eigenvalue weighted by Crippen LogP contribution is -2.30. The topological polar surface area (TPSA) is 78.9 Å². The van der Waals surface area contributed by atoms with Crippen molar-refractivity contribution in [3.63, 3.8) is 0 Å². The molecular formula is C57H110O6. The molecule has 0 fully saturated rings. The first-order valence-corrected chi connectivity index (χ1v) is 28.1. The van der Waals surface area contributed by atoms with Crippen LogP contribution in [0.2, 0.25) is 0 Å². The molecule has 0 bridgehead atoms. The number of hydrogen-bond donors (Lipinski definition) is 0. The molecule has 0 aliphatic rings. The summed E-state index contributed by atoms with van der Waals surface area (Å²) in [6.07, 6.45) is 49.5. The van der Waals surface area contributed by atoms with Crippen molar-refractivity contribution >= 4 is 17.9 Å². The van der Waals surface area contributed by atoms with Crippen LogP contribution in [0.15, 0.2) is 0 Å². The van der Waals surface area contributed by atoms with Crippen LogP contribution in [0.25, 0.3) is 0 Å². The van der Waals surface area contributed by atoms with Crippen molar-refractivity contribution in [1.29, 1.82) is 0 Å². The second-order valence-electron chi connectivity index (χ2n) is 21.0. The average Bonchev–Trinajstić information content (AvgIpc) is 3.24. The Labute approximate surface area is 393 Å². The van der Waals surface area contributed by atoms with E-state index in [1.165, 1.54) is 193 Å². The fourth-order valence-electron chi connectivity index (χ4n) is 8.65. The van der Waals surface area contributed by atoms with Gasteiger partial charge in [-0.2, -0.15) is 0 Å². The van der Waals surface area contributed by atoms with Gasteiger partial charge in [0.05, 0.1) is 0 Å². The Morgan fingerprint density at radius 3 is 0.683 bits per heavy atom. The summed E-state index contributed by atoms with van der Waals surface area (Å²) in [5.41, 5.74) is 0. The number of ether oxygens (including phenoxy) is 3. The first-order valence-electron chi connectivity index (χ1n) is 28.1. The van der Waals surface area contributed by atoms with E-state index in [1.807, 2.05) is 0 Å². The van der Waals surface area contributed by atoms with E-state index in [1.54, 1.807) is 0 Å². The number of rotatable bonds is 50. The van der Waals surface area contributed by atoms with Gasteiger partial charge < -0.3 is 14.2 Å². The molecule has 374 valence electrons. The molecule has 0 aromatic rings. The molecule has 0 N–H and O–H groups in total. The van der Waals surface area contributed by atoms with Gasteiger partial charge >= 0.3 is 17.9 Å². The lowest BCUT2D eigenvalue weighted by Gasteiger charge is -2.18. The summed E-state index contributed by atoms with van der Waals surface area (Å²) in [4.78, 5) is 38.1. The monoisotopic (exact) mass is 891 g/mol. The fourth-order valence-corrected chi connectivity index (χ4v) is 8.65. The van der Waals surface area contributed by atoms with E-state index in [2.05, 4.69) is 41.5 Å². The van der Waals surface area contributed by atoms with Gasteiger partial charge in [-0.25, -0.2) is 0 Å². The summed E-state index contributed by atoms with van der Waals surface area (Å²) in [5, 5.41) is 0. The molecule has 0 aliphatic heterocycles. The van der Waals surface area contributed by atoms with E-state index < -0.39 is 6.10 Å². The van der Waals surface area contributed by atoms with Crippen LogP contribution in [-0.4, -0.2) is 37.2 Å². The normalized spacial score (nSPS) is 12.1. The molecule has 1 atom stereocenters. The minimum atomic E-state index is -0.763. The highest BCUT2D eigenvalue weighted by atomic mass is 16.6. The SMILES string of the molecule is CC(C)CCCCCCCCCCCCCCCCCC(=O)O[C@H](COC(=O)CCCCCCCCCCCCCCC(C)C)COC(=O)CCCCCCCCCCCC(C)C. The molecule has 0 spiro atoms. The molecule has 0 aromatic heterocycles. The molecule has 0 aliphatic carbocycles. The van der Waals surface area contributed by atoms with Crippen LogP contribution >= 0.6 is 0 Å². The van der Waals surface area contributed by atoms with E-state index in [4.69, 9.17) is 14.2 Å². The Hall–Kier alpha value is -1.59. The molecule has 0 radical (unpaired) electrons. The third kappa shape index (κ3) is 51.3. The Morgan fingerprint density at radius 1 is 0.270 bits per heavy atom. The van der Waals surface area contributed by atoms with E-state index in [9.17, 15) is 14.4 Å². The van der Waals surface area contributed by atoms with Crippen LogP contribution < -0.4 is 0 Å². The van der Waals surface area contributed by atoms with Crippen molar-refractivity contribution < 1.29 is 28.6 Å². The Kier molecular flexibility index (Phi) is 47.1. The summed E-state index contributed by atoms with van der Waals surface area (Å²) < 4.78 is 16.9. The van der Waals surface area contributed by atoms with Crippen molar-refractivity contribution in [3.05, 3.63) is 0 Å². The van der Waals surface area contributed by atoms with E-state index in [0.29, 0.717) is 19.3 Å². The van der Waals surface area contributed by atoms with Gasteiger partial charge in [0.1, 0.15) is 13.2 Å². The molecule has 0 rings (SSSR count). The zero-order chi connectivity index (χ0) is 46.3. The average molecular weight is 892 g/mol. The molecule has 63 heavy (non-hydrogen) atoms. The maximum atomic E-state index is 12.8. The summed E-state index contributed by atoms with van der Waals surface area (Å²) in [7, 11) is 0. The van der Waals surface area contributed by atoms with Crippen molar-refractivity contribution in [2.75, 3.05) is 13.2 Å². The first kappa shape index (κ1) is 61.4. The maximum absolute atomic E-state index is 12.8. The smallest absolute Gasteiger partial charge is 0.306 e. The van der Waals surface area contributed by atoms with Crippen LogP contribution in [0.4, 0.5) is 0 Å². The summed E-state index contributed by atoms with van der Waals surface area (Å²) in [5.74, 6) is 1.64. The highest BCUT2D eigenvalue weighted by molar-refractivity contribution is 5.71. The highest BCUT2D eigenvalue weighted by Crippen LogP contribution is 2.18. The minimum absolute atomic E-state index is 0.0640. The van der Waals surface area contributed by atoms with Crippen LogP contribution in [0.3, 0.4) is 0 Å². The lowest BCUT2D eigenvalue weighted by atomic mass is 10.0. The van der Waals surface area contributed by atoms with E-state index >= 15 is 0 Å². The second kappa shape index (κ2) is 48.3. The largest absolute Gasteiger partial charge is 0.462 e. The fraction of sp³-hybridized carbons (Fsp3) is 0.947. The first-order chi connectivity index (χ1) is 30.6. The molecule has 0 aromatic carbocycles. The van der Waals surface area contributed by atoms with Gasteiger partial charge in [0.2, 0.25) is 0 Å². The maximum Gasteiger partial charge on any atom is 0.306 e. The summed E-state index contributed by atoms with van der Waals surface area (Å²) in [6, 6.07) is 0. The van der Waals surface area contributed by atoms with Crippen molar-refractivity contribution in [2.45, 2.75) is 317 Å². The van der Waals surface area contributed by atoms with Gasteiger partial charge in [-0.05, 0) is 37.0 Å². The minimum Gasteiger partial charge on any atom is -0.462 e. The molecule has 6 heteroatoms. The number of carbonyl (C=O) groups is 3. The Bertz CT molecular complexity index is 976.